The minimum atomic E-state index is -0.214. The van der Waals surface area contributed by atoms with Crippen LogP contribution in [0.2, 0.25) is 0 Å². The first-order valence-corrected chi connectivity index (χ1v) is 11.0. The molecule has 150 valence electrons. The Labute approximate surface area is 172 Å². The molecule has 4 bridgehead atoms. The van der Waals surface area contributed by atoms with Gasteiger partial charge in [0.15, 0.2) is 5.78 Å². The normalized spacial score (nSPS) is 29.6. The van der Waals surface area contributed by atoms with Gasteiger partial charge in [0, 0.05) is 17.5 Å². The van der Waals surface area contributed by atoms with Crippen molar-refractivity contribution < 1.29 is 14.3 Å². The van der Waals surface area contributed by atoms with E-state index in [0.717, 1.165) is 42.6 Å². The van der Waals surface area contributed by atoms with Crippen LogP contribution in [0.5, 0.6) is 0 Å². The quantitative estimate of drug-likeness (QED) is 0.503. The Morgan fingerprint density at radius 2 is 1.41 bits per heavy atom. The van der Waals surface area contributed by atoms with E-state index in [2.05, 4.69) is 0 Å². The lowest BCUT2D eigenvalue weighted by Gasteiger charge is -2.55. The van der Waals surface area contributed by atoms with E-state index in [0.29, 0.717) is 24.2 Å². The molecule has 0 N–H and O–H groups in total. The SMILES string of the molecule is O=C(c1ccccc1)c1ccccc1CCOC(=O)C12CC3CC(CC(C3)C1)C2. The van der Waals surface area contributed by atoms with Gasteiger partial charge in [-0.05, 0) is 61.8 Å². The number of benzene rings is 2. The molecular weight excluding hydrogens is 360 g/mol. The van der Waals surface area contributed by atoms with Gasteiger partial charge in [0.25, 0.3) is 0 Å². The molecule has 4 aliphatic rings. The summed E-state index contributed by atoms with van der Waals surface area (Å²) < 4.78 is 5.82. The van der Waals surface area contributed by atoms with Crippen molar-refractivity contribution in [2.24, 2.45) is 23.2 Å². The molecule has 0 unspecified atom stereocenters. The molecule has 0 aromatic heterocycles. The van der Waals surface area contributed by atoms with E-state index in [1.807, 2.05) is 54.6 Å². The third-order valence-electron chi connectivity index (χ3n) is 7.37. The molecule has 0 saturated heterocycles. The van der Waals surface area contributed by atoms with Gasteiger partial charge < -0.3 is 4.74 Å². The molecule has 29 heavy (non-hydrogen) atoms. The number of hydrogen-bond acceptors (Lipinski definition) is 3. The van der Waals surface area contributed by atoms with Crippen molar-refractivity contribution in [3.8, 4) is 0 Å². The van der Waals surface area contributed by atoms with Crippen LogP contribution >= 0.6 is 0 Å². The Morgan fingerprint density at radius 3 is 2.07 bits per heavy atom. The zero-order valence-electron chi connectivity index (χ0n) is 16.8. The summed E-state index contributed by atoms with van der Waals surface area (Å²) in [6.07, 6.45) is 7.63. The monoisotopic (exact) mass is 388 g/mol. The molecule has 2 aromatic carbocycles. The van der Waals surface area contributed by atoms with Gasteiger partial charge in [-0.3, -0.25) is 9.59 Å². The Bertz CT molecular complexity index is 879. The molecule has 3 nitrogen and oxygen atoms in total. The van der Waals surface area contributed by atoms with Gasteiger partial charge in [0.1, 0.15) is 0 Å². The van der Waals surface area contributed by atoms with Crippen LogP contribution in [0.15, 0.2) is 54.6 Å². The highest BCUT2D eigenvalue weighted by Crippen LogP contribution is 2.60. The fourth-order valence-corrected chi connectivity index (χ4v) is 6.47. The Morgan fingerprint density at radius 1 is 0.828 bits per heavy atom. The third kappa shape index (κ3) is 3.52. The summed E-state index contributed by atoms with van der Waals surface area (Å²) in [5.41, 5.74) is 2.11. The number of carbonyl (C=O) groups is 2. The van der Waals surface area contributed by atoms with E-state index >= 15 is 0 Å². The lowest BCUT2D eigenvalue weighted by Crippen LogP contribution is -2.50. The van der Waals surface area contributed by atoms with Crippen molar-refractivity contribution in [2.75, 3.05) is 6.61 Å². The molecule has 6 rings (SSSR count). The zero-order valence-corrected chi connectivity index (χ0v) is 16.8. The minimum absolute atomic E-state index is 0.0171. The molecule has 0 aliphatic heterocycles. The molecule has 0 heterocycles. The maximum atomic E-state index is 13.0. The third-order valence-corrected chi connectivity index (χ3v) is 7.37. The lowest BCUT2D eigenvalue weighted by molar-refractivity contribution is -0.171. The van der Waals surface area contributed by atoms with Gasteiger partial charge in [-0.1, -0.05) is 54.6 Å². The molecule has 4 fully saturated rings. The second-order valence-electron chi connectivity index (χ2n) is 9.44. The average Bonchev–Trinajstić information content (AvgIpc) is 2.73. The molecule has 4 aliphatic carbocycles. The highest BCUT2D eigenvalue weighted by molar-refractivity contribution is 6.09. The number of hydrogen-bond donors (Lipinski definition) is 0. The van der Waals surface area contributed by atoms with Crippen LogP contribution in [0.4, 0.5) is 0 Å². The van der Waals surface area contributed by atoms with Crippen LogP contribution in [0, 0.1) is 23.2 Å². The van der Waals surface area contributed by atoms with Gasteiger partial charge in [-0.15, -0.1) is 0 Å². The van der Waals surface area contributed by atoms with Crippen molar-refractivity contribution in [2.45, 2.75) is 44.9 Å². The summed E-state index contributed by atoms with van der Waals surface area (Å²) in [7, 11) is 0. The van der Waals surface area contributed by atoms with Gasteiger partial charge in [0.05, 0.1) is 12.0 Å². The highest BCUT2D eigenvalue weighted by Gasteiger charge is 2.55. The second kappa shape index (κ2) is 7.44. The van der Waals surface area contributed by atoms with Crippen molar-refractivity contribution in [1.82, 2.24) is 0 Å². The summed E-state index contributed by atoms with van der Waals surface area (Å²) in [6, 6.07) is 17.0. The number of carbonyl (C=O) groups excluding carboxylic acids is 2. The van der Waals surface area contributed by atoms with E-state index in [1.54, 1.807) is 0 Å². The molecule has 0 atom stereocenters. The largest absolute Gasteiger partial charge is 0.465 e. The molecule has 4 saturated carbocycles. The fraction of sp³-hybridized carbons (Fsp3) is 0.462. The standard InChI is InChI=1S/C26H28O3/c27-24(22-7-2-1-3-8-22)23-9-5-4-6-21(23)10-11-29-25(28)26-15-18-12-19(16-26)14-20(13-18)17-26/h1-9,18-20H,10-17H2. The predicted octanol–water partition coefficient (Wildman–Crippen LogP) is 5.22. The summed E-state index contributed by atoms with van der Waals surface area (Å²) >= 11 is 0. The van der Waals surface area contributed by atoms with E-state index < -0.39 is 0 Å². The first kappa shape index (κ1) is 18.6. The van der Waals surface area contributed by atoms with Crippen LogP contribution in [-0.4, -0.2) is 18.4 Å². The molecule has 0 spiro atoms. The Kier molecular flexibility index (Phi) is 4.77. The maximum Gasteiger partial charge on any atom is 0.312 e. The maximum absolute atomic E-state index is 13.0. The van der Waals surface area contributed by atoms with Crippen molar-refractivity contribution >= 4 is 11.8 Å². The second-order valence-corrected chi connectivity index (χ2v) is 9.44. The summed E-state index contributed by atoms with van der Waals surface area (Å²) in [6.45, 7) is 0.347. The molecule has 0 radical (unpaired) electrons. The van der Waals surface area contributed by atoms with Crippen LogP contribution < -0.4 is 0 Å². The minimum Gasteiger partial charge on any atom is -0.465 e. The van der Waals surface area contributed by atoms with Gasteiger partial charge >= 0.3 is 5.97 Å². The molecular formula is C26H28O3. The van der Waals surface area contributed by atoms with Crippen LogP contribution in [0.25, 0.3) is 0 Å². The van der Waals surface area contributed by atoms with E-state index in [9.17, 15) is 9.59 Å². The Hall–Kier alpha value is -2.42. The van der Waals surface area contributed by atoms with Crippen molar-refractivity contribution in [3.63, 3.8) is 0 Å². The van der Waals surface area contributed by atoms with E-state index in [1.165, 1.54) is 19.3 Å². The van der Waals surface area contributed by atoms with Crippen LogP contribution in [0.1, 0.15) is 60.0 Å². The number of rotatable bonds is 6. The molecule has 3 heteroatoms. The fourth-order valence-electron chi connectivity index (χ4n) is 6.47. The van der Waals surface area contributed by atoms with Gasteiger partial charge in [0.2, 0.25) is 0 Å². The van der Waals surface area contributed by atoms with Gasteiger partial charge in [-0.25, -0.2) is 0 Å². The summed E-state index contributed by atoms with van der Waals surface area (Å²) in [4.78, 5) is 25.9. The Balaban J connectivity index is 1.25. The average molecular weight is 389 g/mol. The van der Waals surface area contributed by atoms with Gasteiger partial charge in [-0.2, -0.15) is 0 Å². The number of ether oxygens (including phenoxy) is 1. The van der Waals surface area contributed by atoms with E-state index in [-0.39, 0.29) is 17.2 Å². The number of ketones is 1. The first-order valence-electron chi connectivity index (χ1n) is 11.0. The number of esters is 1. The first-order chi connectivity index (χ1) is 14.1. The zero-order chi connectivity index (χ0) is 19.8. The summed E-state index contributed by atoms with van der Waals surface area (Å²) in [5.74, 6) is 2.24. The smallest absolute Gasteiger partial charge is 0.312 e. The molecule has 0 amide bonds. The predicted molar refractivity (Wildman–Crippen MR) is 112 cm³/mol. The topological polar surface area (TPSA) is 43.4 Å². The van der Waals surface area contributed by atoms with E-state index in [4.69, 9.17) is 4.74 Å². The van der Waals surface area contributed by atoms with Crippen LogP contribution in [0.3, 0.4) is 0 Å². The highest BCUT2D eigenvalue weighted by atomic mass is 16.5. The lowest BCUT2D eigenvalue weighted by atomic mass is 9.49. The van der Waals surface area contributed by atoms with Crippen molar-refractivity contribution in [1.29, 1.82) is 0 Å². The molecule has 2 aromatic rings. The van der Waals surface area contributed by atoms with Crippen LogP contribution in [-0.2, 0) is 16.0 Å². The van der Waals surface area contributed by atoms with Crippen molar-refractivity contribution in [3.05, 3.63) is 71.3 Å². The summed E-state index contributed by atoms with van der Waals surface area (Å²) in [5, 5.41) is 0.